The van der Waals surface area contributed by atoms with E-state index in [1.807, 2.05) is 24.9 Å². The monoisotopic (exact) mass is 454 g/mol. The van der Waals surface area contributed by atoms with Crippen LogP contribution in [0.4, 0.5) is 5.82 Å². The Hall–Kier alpha value is -3.13. The van der Waals surface area contributed by atoms with E-state index in [0.29, 0.717) is 21.9 Å². The van der Waals surface area contributed by atoms with Crippen LogP contribution >= 0.6 is 11.6 Å². The molecular formula is C23H27ClN6O2. The molecule has 4 rings (SSSR count). The van der Waals surface area contributed by atoms with Crippen LogP contribution in [0.25, 0.3) is 16.9 Å². The average Bonchev–Trinajstić information content (AvgIpc) is 3.10. The van der Waals surface area contributed by atoms with Gasteiger partial charge >= 0.3 is 5.69 Å². The van der Waals surface area contributed by atoms with Crippen LogP contribution in [0.5, 0.6) is 0 Å². The van der Waals surface area contributed by atoms with Crippen molar-refractivity contribution in [3.05, 3.63) is 58.3 Å². The van der Waals surface area contributed by atoms with E-state index < -0.39 is 0 Å². The van der Waals surface area contributed by atoms with Crippen LogP contribution in [0.3, 0.4) is 0 Å². The first-order chi connectivity index (χ1) is 15.4. The zero-order chi connectivity index (χ0) is 22.8. The second-order valence-corrected chi connectivity index (χ2v) is 8.55. The highest BCUT2D eigenvalue weighted by molar-refractivity contribution is 6.30. The highest BCUT2D eigenvalue weighted by Gasteiger charge is 2.30. The Bertz CT molecular complexity index is 1210. The Balaban J connectivity index is 1.66. The SMILES string of the molecule is CC/C=C/C(=O)N(C)C1CCC(n2c(=O)n(-c3ccc(Cl)cc3)c3c(N)ncnc32)CC1. The van der Waals surface area contributed by atoms with Gasteiger partial charge in [0.2, 0.25) is 5.91 Å². The third-order valence-electron chi connectivity index (χ3n) is 6.19. The molecule has 1 fully saturated rings. The Kier molecular flexibility index (Phi) is 6.32. The fourth-order valence-electron chi connectivity index (χ4n) is 4.45. The normalized spacial score (nSPS) is 19.0. The molecule has 9 heteroatoms. The second kappa shape index (κ2) is 9.16. The molecule has 2 aromatic heterocycles. The fourth-order valence-corrected chi connectivity index (χ4v) is 4.57. The van der Waals surface area contributed by atoms with Crippen molar-refractivity contribution in [2.75, 3.05) is 12.8 Å². The first-order valence-electron chi connectivity index (χ1n) is 10.8. The van der Waals surface area contributed by atoms with Crippen molar-refractivity contribution in [3.8, 4) is 5.69 Å². The first-order valence-corrected chi connectivity index (χ1v) is 11.2. The van der Waals surface area contributed by atoms with E-state index in [9.17, 15) is 9.59 Å². The molecule has 0 spiro atoms. The van der Waals surface area contributed by atoms with E-state index >= 15 is 0 Å². The molecule has 0 aliphatic heterocycles. The first kappa shape index (κ1) is 22.1. The Morgan fingerprint density at radius 3 is 2.56 bits per heavy atom. The number of halogens is 1. The summed E-state index contributed by atoms with van der Waals surface area (Å²) in [6.45, 7) is 2.00. The van der Waals surface area contributed by atoms with Gasteiger partial charge in [-0.15, -0.1) is 0 Å². The number of amides is 1. The molecule has 0 radical (unpaired) electrons. The van der Waals surface area contributed by atoms with E-state index in [1.165, 1.54) is 6.33 Å². The summed E-state index contributed by atoms with van der Waals surface area (Å²) in [5.74, 6) is 0.273. The van der Waals surface area contributed by atoms with Gasteiger partial charge in [-0.05, 0) is 62.4 Å². The van der Waals surface area contributed by atoms with Gasteiger partial charge in [-0.25, -0.2) is 14.8 Å². The zero-order valence-corrected chi connectivity index (χ0v) is 19.0. The number of allylic oxidation sites excluding steroid dienone is 1. The van der Waals surface area contributed by atoms with Crippen LogP contribution in [0, 0.1) is 0 Å². The van der Waals surface area contributed by atoms with E-state index in [4.69, 9.17) is 17.3 Å². The molecule has 1 aromatic carbocycles. The van der Waals surface area contributed by atoms with E-state index in [-0.39, 0.29) is 29.5 Å². The van der Waals surface area contributed by atoms with Gasteiger partial charge in [-0.3, -0.25) is 13.9 Å². The minimum atomic E-state index is -0.201. The number of hydrogen-bond acceptors (Lipinski definition) is 5. The number of rotatable bonds is 5. The van der Waals surface area contributed by atoms with Gasteiger partial charge in [0, 0.05) is 24.2 Å². The minimum absolute atomic E-state index is 0.0207. The molecule has 0 bridgehead atoms. The number of hydrogen-bond donors (Lipinski definition) is 1. The molecule has 1 amide bonds. The van der Waals surface area contributed by atoms with Gasteiger partial charge < -0.3 is 10.6 Å². The summed E-state index contributed by atoms with van der Waals surface area (Å²) in [7, 11) is 1.85. The average molecular weight is 455 g/mol. The topological polar surface area (TPSA) is 99.0 Å². The maximum absolute atomic E-state index is 13.6. The summed E-state index contributed by atoms with van der Waals surface area (Å²) >= 11 is 6.03. The van der Waals surface area contributed by atoms with Gasteiger partial charge in [0.25, 0.3) is 0 Å². The number of anilines is 1. The largest absolute Gasteiger partial charge is 0.382 e. The van der Waals surface area contributed by atoms with Crippen molar-refractivity contribution in [1.29, 1.82) is 0 Å². The number of nitrogens with zero attached hydrogens (tertiary/aromatic N) is 5. The third-order valence-corrected chi connectivity index (χ3v) is 6.44. The molecular weight excluding hydrogens is 428 g/mol. The van der Waals surface area contributed by atoms with Gasteiger partial charge in [0.05, 0.1) is 5.69 Å². The summed E-state index contributed by atoms with van der Waals surface area (Å²) in [5, 5.41) is 0.584. The van der Waals surface area contributed by atoms with Crippen molar-refractivity contribution in [1.82, 2.24) is 24.0 Å². The smallest absolute Gasteiger partial charge is 0.335 e. The number of aromatic nitrogens is 4. The predicted molar refractivity (Wildman–Crippen MR) is 126 cm³/mol. The number of fused-ring (bicyclic) bond motifs is 1. The van der Waals surface area contributed by atoms with E-state index in [2.05, 4.69) is 9.97 Å². The number of carbonyl (C=O) groups excluding carboxylic acids is 1. The lowest BCUT2D eigenvalue weighted by Gasteiger charge is -2.34. The van der Waals surface area contributed by atoms with Crippen molar-refractivity contribution < 1.29 is 4.79 Å². The lowest BCUT2D eigenvalue weighted by atomic mass is 9.90. The number of carbonyl (C=O) groups is 1. The van der Waals surface area contributed by atoms with Gasteiger partial charge in [0.15, 0.2) is 11.5 Å². The van der Waals surface area contributed by atoms with E-state index in [1.54, 1.807) is 39.5 Å². The van der Waals surface area contributed by atoms with Crippen LogP contribution in [0.15, 0.2) is 47.5 Å². The molecule has 0 saturated heterocycles. The number of likely N-dealkylation sites (N-methyl/N-ethyl adjacent to an activating group) is 1. The second-order valence-electron chi connectivity index (χ2n) is 8.12. The summed E-state index contributed by atoms with van der Waals surface area (Å²) in [4.78, 5) is 36.2. The van der Waals surface area contributed by atoms with Crippen molar-refractivity contribution in [2.45, 2.75) is 51.1 Å². The van der Waals surface area contributed by atoms with Crippen LogP contribution in [-0.2, 0) is 4.79 Å². The van der Waals surface area contributed by atoms with Crippen LogP contribution in [0.1, 0.15) is 45.1 Å². The van der Waals surface area contributed by atoms with Gasteiger partial charge in [-0.1, -0.05) is 24.6 Å². The highest BCUT2D eigenvalue weighted by Crippen LogP contribution is 2.33. The molecule has 1 aliphatic carbocycles. The van der Waals surface area contributed by atoms with Crippen LogP contribution in [-0.4, -0.2) is 43.0 Å². The maximum Gasteiger partial charge on any atom is 0.335 e. The predicted octanol–water partition coefficient (Wildman–Crippen LogP) is 3.73. The molecule has 168 valence electrons. The molecule has 2 N–H and O–H groups in total. The quantitative estimate of drug-likeness (QED) is 0.592. The molecule has 2 heterocycles. The molecule has 1 aliphatic rings. The molecule has 32 heavy (non-hydrogen) atoms. The van der Waals surface area contributed by atoms with Gasteiger partial charge in [-0.2, -0.15) is 0 Å². The molecule has 1 saturated carbocycles. The van der Waals surface area contributed by atoms with Gasteiger partial charge in [0.1, 0.15) is 11.8 Å². The summed E-state index contributed by atoms with van der Waals surface area (Å²) in [6.07, 6.45) is 8.89. The Morgan fingerprint density at radius 1 is 1.22 bits per heavy atom. The zero-order valence-electron chi connectivity index (χ0n) is 18.2. The number of benzene rings is 1. The molecule has 0 atom stereocenters. The number of imidazole rings is 1. The van der Waals surface area contributed by atoms with Crippen LogP contribution in [0.2, 0.25) is 5.02 Å². The number of nitrogens with two attached hydrogens (primary N) is 1. The van der Waals surface area contributed by atoms with Crippen LogP contribution < -0.4 is 11.4 Å². The summed E-state index contributed by atoms with van der Waals surface area (Å²) in [6, 6.07) is 7.15. The molecule has 8 nitrogen and oxygen atoms in total. The lowest BCUT2D eigenvalue weighted by molar-refractivity contribution is -0.127. The summed E-state index contributed by atoms with van der Waals surface area (Å²) < 4.78 is 3.29. The lowest BCUT2D eigenvalue weighted by Crippen LogP contribution is -2.40. The summed E-state index contributed by atoms with van der Waals surface area (Å²) in [5.41, 5.74) is 7.65. The number of nitrogen functional groups attached to an aromatic ring is 1. The standard InChI is InChI=1S/C23H27ClN6O2/c1-3-4-5-19(31)28(2)16-10-12-18(13-11-16)30-22-20(21(25)26-14-27-22)29(23(30)32)17-8-6-15(24)7-9-17/h4-9,14,16,18H,3,10-13H2,1-2H3,(H2,25,26,27)/b5-4+. The molecule has 3 aromatic rings. The van der Waals surface area contributed by atoms with Crippen molar-refractivity contribution in [3.63, 3.8) is 0 Å². The molecule has 0 unspecified atom stereocenters. The maximum atomic E-state index is 13.6. The highest BCUT2D eigenvalue weighted by atomic mass is 35.5. The Morgan fingerprint density at radius 2 is 1.91 bits per heavy atom. The Labute approximate surface area is 191 Å². The van der Waals surface area contributed by atoms with Crippen molar-refractivity contribution in [2.24, 2.45) is 0 Å². The van der Waals surface area contributed by atoms with E-state index in [0.717, 1.165) is 32.1 Å². The minimum Gasteiger partial charge on any atom is -0.382 e. The fraction of sp³-hybridized carbons (Fsp3) is 0.391. The third kappa shape index (κ3) is 4.02. The van der Waals surface area contributed by atoms with Crippen molar-refractivity contribution >= 4 is 34.5 Å².